The van der Waals surface area contributed by atoms with Gasteiger partial charge < -0.3 is 14.8 Å². The van der Waals surface area contributed by atoms with E-state index in [0.29, 0.717) is 24.5 Å². The summed E-state index contributed by atoms with van der Waals surface area (Å²) in [6.07, 6.45) is 0. The van der Waals surface area contributed by atoms with E-state index in [2.05, 4.69) is 9.71 Å². The summed E-state index contributed by atoms with van der Waals surface area (Å²) < 4.78 is 66.9. The smallest absolute Gasteiger partial charge is 0.286 e. The average molecular weight is 437 g/mol. The number of amidine groups is 1. The zero-order chi connectivity index (χ0) is 20.6. The first-order valence-corrected chi connectivity index (χ1v) is 11.7. The van der Waals surface area contributed by atoms with Crippen molar-refractivity contribution in [2.45, 2.75) is 9.79 Å². The largest absolute Gasteiger partial charge is 0.496 e. The van der Waals surface area contributed by atoms with Crippen molar-refractivity contribution in [3.63, 3.8) is 0 Å². The summed E-state index contributed by atoms with van der Waals surface area (Å²) in [4.78, 5) is -0.287. The molecule has 0 unspecified atom stereocenters. The Morgan fingerprint density at radius 3 is 2.59 bits per heavy atom. The lowest BCUT2D eigenvalue weighted by molar-refractivity contribution is 0.0730. The standard InChI is InChI=1S/C18H19N3O6S2/c1-26-16-5-3-2-4-14(16)18-19-15-7-6-13(12-17(15)28(22,23)20-18)29(24,25)21-8-10-27-11-9-21/h2-7,12H,8-11H2,1H3,(H,19,20). The van der Waals surface area contributed by atoms with Gasteiger partial charge in [-0.1, -0.05) is 12.1 Å². The topological polar surface area (TPSA) is 114 Å². The fraction of sp³-hybridized carbons (Fsp3) is 0.278. The van der Waals surface area contributed by atoms with Gasteiger partial charge in [0.2, 0.25) is 10.0 Å². The number of sulfonamides is 2. The van der Waals surface area contributed by atoms with Crippen LogP contribution in [0.15, 0.2) is 56.7 Å². The number of fused-ring (bicyclic) bond motifs is 1. The maximum absolute atomic E-state index is 12.9. The summed E-state index contributed by atoms with van der Waals surface area (Å²) in [6.45, 7) is 1.05. The van der Waals surface area contributed by atoms with Crippen molar-refractivity contribution in [3.05, 3.63) is 48.0 Å². The van der Waals surface area contributed by atoms with Crippen molar-refractivity contribution in [3.8, 4) is 5.75 Å². The summed E-state index contributed by atoms with van der Waals surface area (Å²) >= 11 is 0. The minimum absolute atomic E-state index is 0.0977. The third kappa shape index (κ3) is 3.62. The Morgan fingerprint density at radius 2 is 1.86 bits per heavy atom. The SMILES string of the molecule is COc1ccccc1C1=NS(=O)(=O)c2cc(S(=O)(=O)N3CCOCC3)ccc2N1. The summed E-state index contributed by atoms with van der Waals surface area (Å²) in [5.74, 6) is 0.572. The van der Waals surface area contributed by atoms with Gasteiger partial charge in [0.1, 0.15) is 10.6 Å². The van der Waals surface area contributed by atoms with Crippen molar-refractivity contribution in [1.29, 1.82) is 0 Å². The molecule has 2 heterocycles. The van der Waals surface area contributed by atoms with Crippen LogP contribution in [0, 0.1) is 0 Å². The molecule has 4 rings (SSSR count). The molecule has 2 aliphatic heterocycles. The van der Waals surface area contributed by atoms with Crippen LogP contribution in [0.3, 0.4) is 0 Å². The number of nitrogens with zero attached hydrogens (tertiary/aromatic N) is 2. The first-order chi connectivity index (χ1) is 13.8. The molecular weight excluding hydrogens is 418 g/mol. The lowest BCUT2D eigenvalue weighted by Gasteiger charge is -2.26. The zero-order valence-corrected chi connectivity index (χ0v) is 17.2. The van der Waals surface area contributed by atoms with Crippen LogP contribution >= 0.6 is 0 Å². The number of morpholine rings is 1. The van der Waals surface area contributed by atoms with Crippen LogP contribution in [-0.2, 0) is 24.8 Å². The van der Waals surface area contributed by atoms with Gasteiger partial charge in [-0.3, -0.25) is 0 Å². The van der Waals surface area contributed by atoms with Crippen molar-refractivity contribution in [1.82, 2.24) is 4.31 Å². The van der Waals surface area contributed by atoms with Crippen LogP contribution in [0.1, 0.15) is 5.56 Å². The van der Waals surface area contributed by atoms with Gasteiger partial charge in [-0.15, -0.1) is 4.40 Å². The number of hydrogen-bond acceptors (Lipinski definition) is 7. The van der Waals surface area contributed by atoms with Gasteiger partial charge in [-0.05, 0) is 30.3 Å². The van der Waals surface area contributed by atoms with E-state index >= 15 is 0 Å². The third-order valence-corrected chi connectivity index (χ3v) is 7.88. The van der Waals surface area contributed by atoms with Crippen LogP contribution in [0.25, 0.3) is 0 Å². The highest BCUT2D eigenvalue weighted by Crippen LogP contribution is 2.33. The van der Waals surface area contributed by atoms with E-state index in [0.717, 1.165) is 6.07 Å². The van der Waals surface area contributed by atoms with Gasteiger partial charge in [0, 0.05) is 13.1 Å². The molecule has 0 radical (unpaired) electrons. The monoisotopic (exact) mass is 437 g/mol. The van der Waals surface area contributed by atoms with Crippen LogP contribution in [-0.4, -0.2) is 60.4 Å². The number of anilines is 1. The van der Waals surface area contributed by atoms with Crippen molar-refractivity contribution in [2.24, 2.45) is 4.40 Å². The van der Waals surface area contributed by atoms with E-state index in [1.807, 2.05) is 0 Å². The molecule has 0 spiro atoms. The normalized spacial score (nSPS) is 19.0. The van der Waals surface area contributed by atoms with E-state index in [9.17, 15) is 16.8 Å². The summed E-state index contributed by atoms with van der Waals surface area (Å²) in [5, 5.41) is 2.96. The molecule has 0 bridgehead atoms. The lowest BCUT2D eigenvalue weighted by Crippen LogP contribution is -2.40. The lowest BCUT2D eigenvalue weighted by atomic mass is 10.1. The first-order valence-electron chi connectivity index (χ1n) is 8.80. The quantitative estimate of drug-likeness (QED) is 0.766. The highest BCUT2D eigenvalue weighted by atomic mass is 32.2. The van der Waals surface area contributed by atoms with Gasteiger partial charge >= 0.3 is 0 Å². The van der Waals surface area contributed by atoms with Gasteiger partial charge in [-0.2, -0.15) is 12.7 Å². The van der Waals surface area contributed by atoms with Crippen LogP contribution < -0.4 is 10.1 Å². The minimum Gasteiger partial charge on any atom is -0.496 e. The van der Waals surface area contributed by atoms with Crippen LogP contribution in [0.2, 0.25) is 0 Å². The summed E-state index contributed by atoms with van der Waals surface area (Å²) in [7, 11) is -6.47. The molecule has 1 fully saturated rings. The molecule has 154 valence electrons. The molecule has 1 saturated heterocycles. The number of hydrogen-bond donors (Lipinski definition) is 1. The van der Waals surface area contributed by atoms with Crippen molar-refractivity contribution < 1.29 is 26.3 Å². The molecule has 0 aromatic heterocycles. The van der Waals surface area contributed by atoms with E-state index in [-0.39, 0.29) is 34.4 Å². The summed E-state index contributed by atoms with van der Waals surface area (Å²) in [5.41, 5.74) is 0.732. The second-order valence-corrected chi connectivity index (χ2v) is 9.93. The number of rotatable bonds is 4. The van der Waals surface area contributed by atoms with Gasteiger partial charge in [0.25, 0.3) is 10.0 Å². The molecule has 0 atom stereocenters. The van der Waals surface area contributed by atoms with E-state index in [1.54, 1.807) is 24.3 Å². The Morgan fingerprint density at radius 1 is 1.14 bits per heavy atom. The molecule has 29 heavy (non-hydrogen) atoms. The number of benzene rings is 2. The fourth-order valence-electron chi connectivity index (χ4n) is 3.19. The van der Waals surface area contributed by atoms with E-state index < -0.39 is 20.0 Å². The van der Waals surface area contributed by atoms with Crippen LogP contribution in [0.4, 0.5) is 5.69 Å². The molecule has 11 heteroatoms. The molecule has 2 aromatic rings. The Bertz CT molecular complexity index is 1190. The Hall–Kier alpha value is -2.47. The second kappa shape index (κ2) is 7.41. The molecule has 2 aromatic carbocycles. The maximum Gasteiger partial charge on any atom is 0.286 e. The first kappa shape index (κ1) is 19.8. The average Bonchev–Trinajstić information content (AvgIpc) is 2.73. The number of ether oxygens (including phenoxy) is 2. The summed E-state index contributed by atoms with van der Waals surface area (Å²) in [6, 6.07) is 10.8. The Balaban J connectivity index is 1.75. The number of methoxy groups -OCH3 is 1. The zero-order valence-electron chi connectivity index (χ0n) is 15.5. The molecule has 2 aliphatic rings. The number of nitrogens with one attached hydrogen (secondary N) is 1. The fourth-order valence-corrected chi connectivity index (χ4v) is 5.86. The van der Waals surface area contributed by atoms with Crippen LogP contribution in [0.5, 0.6) is 5.75 Å². The minimum atomic E-state index is -4.12. The highest BCUT2D eigenvalue weighted by molar-refractivity contribution is 7.91. The van der Waals surface area contributed by atoms with Gasteiger partial charge in [0.05, 0.1) is 36.5 Å². The predicted molar refractivity (Wildman–Crippen MR) is 106 cm³/mol. The Labute approximate surface area is 169 Å². The molecule has 0 aliphatic carbocycles. The van der Waals surface area contributed by atoms with Gasteiger partial charge in [0.15, 0.2) is 5.84 Å². The maximum atomic E-state index is 12.9. The highest BCUT2D eigenvalue weighted by Gasteiger charge is 2.31. The molecular formula is C18H19N3O6S2. The van der Waals surface area contributed by atoms with E-state index in [1.165, 1.54) is 23.5 Å². The predicted octanol–water partition coefficient (Wildman–Crippen LogP) is 1.28. The van der Waals surface area contributed by atoms with E-state index in [4.69, 9.17) is 9.47 Å². The van der Waals surface area contributed by atoms with Crippen molar-refractivity contribution in [2.75, 3.05) is 38.7 Å². The van der Waals surface area contributed by atoms with Gasteiger partial charge in [-0.25, -0.2) is 8.42 Å². The molecule has 0 saturated carbocycles. The van der Waals surface area contributed by atoms with Crippen molar-refractivity contribution >= 4 is 31.6 Å². The molecule has 9 nitrogen and oxygen atoms in total. The molecule has 1 N–H and O–H groups in total. The second-order valence-electron chi connectivity index (χ2n) is 6.41. The Kier molecular flexibility index (Phi) is 5.07. The molecule has 0 amide bonds. The number of para-hydroxylation sites is 1. The third-order valence-electron chi connectivity index (χ3n) is 4.67.